The molecule has 0 spiro atoms. The predicted molar refractivity (Wildman–Crippen MR) is 101 cm³/mol. The molecular weight excluding hydrogens is 328 g/mol. The standard InChI is InChI=1S/C20H24N4O2/c25-19(10-6-12-22-20(26)17-7-2-1-3-8-17)24-15-13-23(14-16-24)18-9-4-5-11-21-18/h1-5,7-9,11H,6,10,12-16H2,(H,22,26). The SMILES string of the molecule is O=C(NCCCC(=O)N1CCN(c2ccccn2)CC1)c1ccccc1. The number of nitrogens with one attached hydrogen (secondary N) is 1. The summed E-state index contributed by atoms with van der Waals surface area (Å²) in [5, 5.41) is 2.86. The van der Waals surface area contributed by atoms with Gasteiger partial charge in [-0.1, -0.05) is 24.3 Å². The molecule has 3 rings (SSSR count). The summed E-state index contributed by atoms with van der Waals surface area (Å²) in [6, 6.07) is 15.0. The lowest BCUT2D eigenvalue weighted by molar-refractivity contribution is -0.131. The molecule has 2 heterocycles. The van der Waals surface area contributed by atoms with Crippen molar-refractivity contribution in [2.45, 2.75) is 12.8 Å². The summed E-state index contributed by atoms with van der Waals surface area (Å²) in [7, 11) is 0. The molecule has 6 heteroatoms. The first kappa shape index (κ1) is 17.9. The number of hydrogen-bond donors (Lipinski definition) is 1. The van der Waals surface area contributed by atoms with Crippen LogP contribution in [0.4, 0.5) is 5.82 Å². The Morgan fingerprint density at radius 3 is 2.38 bits per heavy atom. The molecule has 1 aliphatic rings. The molecule has 0 atom stereocenters. The highest BCUT2D eigenvalue weighted by atomic mass is 16.2. The smallest absolute Gasteiger partial charge is 0.251 e. The highest BCUT2D eigenvalue weighted by Gasteiger charge is 2.21. The summed E-state index contributed by atoms with van der Waals surface area (Å²) in [5.41, 5.74) is 0.643. The van der Waals surface area contributed by atoms with Crippen molar-refractivity contribution in [1.29, 1.82) is 0 Å². The third kappa shape index (κ3) is 4.81. The molecule has 1 fully saturated rings. The largest absolute Gasteiger partial charge is 0.353 e. The number of benzene rings is 1. The second kappa shape index (κ2) is 8.99. The van der Waals surface area contributed by atoms with E-state index >= 15 is 0 Å². The average molecular weight is 352 g/mol. The Kier molecular flexibility index (Phi) is 6.19. The third-order valence-electron chi connectivity index (χ3n) is 4.49. The molecule has 0 radical (unpaired) electrons. The van der Waals surface area contributed by atoms with Gasteiger partial charge in [0.25, 0.3) is 5.91 Å². The molecule has 0 bridgehead atoms. The van der Waals surface area contributed by atoms with Crippen LogP contribution in [-0.2, 0) is 4.79 Å². The van der Waals surface area contributed by atoms with Gasteiger partial charge >= 0.3 is 0 Å². The number of pyridine rings is 1. The fraction of sp³-hybridized carbons (Fsp3) is 0.350. The van der Waals surface area contributed by atoms with Crippen molar-refractivity contribution in [3.63, 3.8) is 0 Å². The number of piperazine rings is 1. The van der Waals surface area contributed by atoms with Gasteiger partial charge in [-0.25, -0.2) is 4.98 Å². The summed E-state index contributed by atoms with van der Waals surface area (Å²) >= 11 is 0. The first-order chi connectivity index (χ1) is 12.7. The molecule has 1 aromatic carbocycles. The van der Waals surface area contributed by atoms with Crippen molar-refractivity contribution in [2.75, 3.05) is 37.6 Å². The Morgan fingerprint density at radius 1 is 0.962 bits per heavy atom. The quantitative estimate of drug-likeness (QED) is 0.807. The van der Waals surface area contributed by atoms with E-state index in [0.29, 0.717) is 38.0 Å². The van der Waals surface area contributed by atoms with Gasteiger partial charge in [0.2, 0.25) is 5.91 Å². The summed E-state index contributed by atoms with van der Waals surface area (Å²) in [4.78, 5) is 32.7. The van der Waals surface area contributed by atoms with Gasteiger partial charge in [0, 0.05) is 50.9 Å². The zero-order valence-corrected chi connectivity index (χ0v) is 14.8. The summed E-state index contributed by atoms with van der Waals surface area (Å²) in [6.07, 6.45) is 2.90. The molecule has 1 aliphatic heterocycles. The number of carbonyl (C=O) groups is 2. The van der Waals surface area contributed by atoms with E-state index in [1.807, 2.05) is 41.3 Å². The molecule has 2 aromatic rings. The highest BCUT2D eigenvalue weighted by molar-refractivity contribution is 5.94. The molecule has 1 aromatic heterocycles. The normalized spacial score (nSPS) is 14.2. The molecule has 6 nitrogen and oxygen atoms in total. The van der Waals surface area contributed by atoms with Crippen molar-refractivity contribution >= 4 is 17.6 Å². The summed E-state index contributed by atoms with van der Waals surface area (Å²) in [5.74, 6) is 1.02. The van der Waals surface area contributed by atoms with E-state index in [-0.39, 0.29) is 11.8 Å². The van der Waals surface area contributed by atoms with Crippen LogP contribution in [-0.4, -0.2) is 54.4 Å². The van der Waals surface area contributed by atoms with Crippen molar-refractivity contribution in [3.8, 4) is 0 Å². The Hall–Kier alpha value is -2.89. The molecular formula is C20H24N4O2. The molecule has 1 N–H and O–H groups in total. The Labute approximate surface area is 153 Å². The summed E-state index contributed by atoms with van der Waals surface area (Å²) in [6.45, 7) is 3.53. The van der Waals surface area contributed by atoms with Crippen molar-refractivity contribution in [3.05, 3.63) is 60.3 Å². The maximum atomic E-state index is 12.3. The minimum atomic E-state index is -0.0953. The van der Waals surface area contributed by atoms with E-state index in [2.05, 4.69) is 15.2 Å². The number of carbonyl (C=O) groups excluding carboxylic acids is 2. The van der Waals surface area contributed by atoms with E-state index in [0.717, 1.165) is 18.9 Å². The lowest BCUT2D eigenvalue weighted by atomic mass is 10.2. The Balaban J connectivity index is 1.35. The van der Waals surface area contributed by atoms with Crippen LogP contribution in [0.15, 0.2) is 54.7 Å². The summed E-state index contributed by atoms with van der Waals surface area (Å²) < 4.78 is 0. The third-order valence-corrected chi connectivity index (χ3v) is 4.49. The van der Waals surface area contributed by atoms with E-state index in [9.17, 15) is 9.59 Å². The molecule has 26 heavy (non-hydrogen) atoms. The molecule has 0 saturated carbocycles. The minimum Gasteiger partial charge on any atom is -0.353 e. The molecule has 1 saturated heterocycles. The fourth-order valence-electron chi connectivity index (χ4n) is 3.02. The molecule has 0 aliphatic carbocycles. The second-order valence-electron chi connectivity index (χ2n) is 6.28. The first-order valence-corrected chi connectivity index (χ1v) is 9.01. The highest BCUT2D eigenvalue weighted by Crippen LogP contribution is 2.13. The van der Waals surface area contributed by atoms with Crippen LogP contribution in [0, 0.1) is 0 Å². The fourth-order valence-corrected chi connectivity index (χ4v) is 3.02. The molecule has 2 amide bonds. The number of amides is 2. The lowest BCUT2D eigenvalue weighted by Gasteiger charge is -2.35. The van der Waals surface area contributed by atoms with Gasteiger partial charge in [-0.3, -0.25) is 9.59 Å². The predicted octanol–water partition coefficient (Wildman–Crippen LogP) is 1.94. The topological polar surface area (TPSA) is 65.5 Å². The maximum absolute atomic E-state index is 12.3. The van der Waals surface area contributed by atoms with Crippen LogP contribution in [0.5, 0.6) is 0 Å². The lowest BCUT2D eigenvalue weighted by Crippen LogP contribution is -2.49. The van der Waals surface area contributed by atoms with Gasteiger partial charge in [0.1, 0.15) is 5.82 Å². The van der Waals surface area contributed by atoms with Crippen molar-refractivity contribution in [2.24, 2.45) is 0 Å². The number of rotatable bonds is 6. The monoisotopic (exact) mass is 352 g/mol. The van der Waals surface area contributed by atoms with Gasteiger partial charge in [-0.05, 0) is 30.7 Å². The van der Waals surface area contributed by atoms with Crippen LogP contribution >= 0.6 is 0 Å². The van der Waals surface area contributed by atoms with Crippen molar-refractivity contribution in [1.82, 2.24) is 15.2 Å². The van der Waals surface area contributed by atoms with Gasteiger partial charge in [-0.15, -0.1) is 0 Å². The van der Waals surface area contributed by atoms with Crippen LogP contribution in [0.1, 0.15) is 23.2 Å². The van der Waals surface area contributed by atoms with E-state index < -0.39 is 0 Å². The Morgan fingerprint density at radius 2 is 1.69 bits per heavy atom. The van der Waals surface area contributed by atoms with Gasteiger partial charge in [0.15, 0.2) is 0 Å². The van der Waals surface area contributed by atoms with E-state index in [1.165, 1.54) is 0 Å². The van der Waals surface area contributed by atoms with E-state index in [4.69, 9.17) is 0 Å². The van der Waals surface area contributed by atoms with E-state index in [1.54, 1.807) is 18.3 Å². The van der Waals surface area contributed by atoms with Crippen LogP contribution < -0.4 is 10.2 Å². The Bertz CT molecular complexity index is 713. The van der Waals surface area contributed by atoms with Crippen LogP contribution in [0.25, 0.3) is 0 Å². The van der Waals surface area contributed by atoms with Gasteiger partial charge in [0.05, 0.1) is 0 Å². The maximum Gasteiger partial charge on any atom is 0.251 e. The number of hydrogen-bond acceptors (Lipinski definition) is 4. The van der Waals surface area contributed by atoms with Gasteiger partial charge in [-0.2, -0.15) is 0 Å². The van der Waals surface area contributed by atoms with Gasteiger partial charge < -0.3 is 15.1 Å². The van der Waals surface area contributed by atoms with Crippen LogP contribution in [0.3, 0.4) is 0 Å². The van der Waals surface area contributed by atoms with Crippen LogP contribution in [0.2, 0.25) is 0 Å². The number of nitrogens with zero attached hydrogens (tertiary/aromatic N) is 3. The second-order valence-corrected chi connectivity index (χ2v) is 6.28. The minimum absolute atomic E-state index is 0.0953. The first-order valence-electron chi connectivity index (χ1n) is 9.01. The molecule has 0 unspecified atom stereocenters. The van der Waals surface area contributed by atoms with Crippen molar-refractivity contribution < 1.29 is 9.59 Å². The number of aromatic nitrogens is 1. The zero-order chi connectivity index (χ0) is 18.2. The molecule has 136 valence electrons. The average Bonchev–Trinajstić information content (AvgIpc) is 2.72. The zero-order valence-electron chi connectivity index (χ0n) is 14.8. The number of anilines is 1.